The van der Waals surface area contributed by atoms with Gasteiger partial charge in [-0.1, -0.05) is 37.3 Å². The number of rotatable bonds is 5. The standard InChI is InChI=1S/C16H14N2O4/c1-2-15(19)17-14-9-8-12(18(21)22)10-13(14)16(20)11-6-4-3-5-7-11/h3-10H,2H2,1H3,(H,17,19). The number of nitro benzene ring substituents is 1. The van der Waals surface area contributed by atoms with Gasteiger partial charge in [0.1, 0.15) is 0 Å². The normalized spacial score (nSPS) is 10.0. The minimum atomic E-state index is -0.576. The first-order chi connectivity index (χ1) is 10.5. The Balaban J connectivity index is 2.49. The smallest absolute Gasteiger partial charge is 0.270 e. The van der Waals surface area contributed by atoms with Crippen LogP contribution in [0.5, 0.6) is 0 Å². The molecule has 0 unspecified atom stereocenters. The number of non-ortho nitro benzene ring substituents is 1. The first-order valence-electron chi connectivity index (χ1n) is 6.71. The molecule has 6 heteroatoms. The number of ketones is 1. The summed E-state index contributed by atoms with van der Waals surface area (Å²) in [6, 6.07) is 12.2. The highest BCUT2D eigenvalue weighted by Gasteiger charge is 2.19. The van der Waals surface area contributed by atoms with Crippen LogP contribution >= 0.6 is 0 Å². The molecule has 0 fully saturated rings. The highest BCUT2D eigenvalue weighted by atomic mass is 16.6. The zero-order valence-corrected chi connectivity index (χ0v) is 11.9. The van der Waals surface area contributed by atoms with E-state index in [1.807, 2.05) is 0 Å². The van der Waals surface area contributed by atoms with Crippen molar-refractivity contribution in [2.75, 3.05) is 5.32 Å². The molecule has 22 heavy (non-hydrogen) atoms. The molecular weight excluding hydrogens is 284 g/mol. The van der Waals surface area contributed by atoms with Gasteiger partial charge in [0.25, 0.3) is 5.69 Å². The number of nitro groups is 1. The first-order valence-corrected chi connectivity index (χ1v) is 6.71. The summed E-state index contributed by atoms with van der Waals surface area (Å²) in [5.74, 6) is -0.647. The summed E-state index contributed by atoms with van der Waals surface area (Å²) >= 11 is 0. The number of nitrogens with zero attached hydrogens (tertiary/aromatic N) is 1. The summed E-state index contributed by atoms with van der Waals surface area (Å²) in [6.07, 6.45) is 0.246. The quantitative estimate of drug-likeness (QED) is 0.521. The van der Waals surface area contributed by atoms with Gasteiger partial charge in [0.15, 0.2) is 5.78 Å². The lowest BCUT2D eigenvalue weighted by molar-refractivity contribution is -0.384. The SMILES string of the molecule is CCC(=O)Nc1ccc([N+](=O)[O-])cc1C(=O)c1ccccc1. The van der Waals surface area contributed by atoms with Crippen molar-refractivity contribution in [3.05, 3.63) is 69.8 Å². The van der Waals surface area contributed by atoms with Crippen molar-refractivity contribution in [3.8, 4) is 0 Å². The van der Waals surface area contributed by atoms with Crippen molar-refractivity contribution < 1.29 is 14.5 Å². The average molecular weight is 298 g/mol. The molecule has 2 aromatic rings. The molecule has 1 amide bonds. The van der Waals surface area contributed by atoms with E-state index in [0.717, 1.165) is 0 Å². The number of benzene rings is 2. The molecule has 6 nitrogen and oxygen atoms in total. The molecule has 1 N–H and O–H groups in total. The van der Waals surface area contributed by atoms with Crippen LogP contribution in [0.25, 0.3) is 0 Å². The van der Waals surface area contributed by atoms with Crippen LogP contribution < -0.4 is 5.32 Å². The monoisotopic (exact) mass is 298 g/mol. The highest BCUT2D eigenvalue weighted by molar-refractivity contribution is 6.14. The summed E-state index contributed by atoms with van der Waals surface area (Å²) in [7, 11) is 0. The predicted octanol–water partition coefficient (Wildman–Crippen LogP) is 3.17. The van der Waals surface area contributed by atoms with E-state index in [1.54, 1.807) is 37.3 Å². The second kappa shape index (κ2) is 6.62. The first kappa shape index (κ1) is 15.4. The number of carbonyl (C=O) groups is 2. The Morgan fingerprint density at radius 3 is 2.41 bits per heavy atom. The fourth-order valence-electron chi connectivity index (χ4n) is 1.93. The van der Waals surface area contributed by atoms with Crippen LogP contribution in [-0.4, -0.2) is 16.6 Å². The van der Waals surface area contributed by atoms with E-state index in [1.165, 1.54) is 18.2 Å². The van der Waals surface area contributed by atoms with Crippen LogP contribution in [0.4, 0.5) is 11.4 Å². The van der Waals surface area contributed by atoms with Crippen molar-refractivity contribution in [1.29, 1.82) is 0 Å². The number of hydrogen-bond acceptors (Lipinski definition) is 4. The lowest BCUT2D eigenvalue weighted by Crippen LogP contribution is -2.14. The second-order valence-electron chi connectivity index (χ2n) is 4.58. The van der Waals surface area contributed by atoms with E-state index in [-0.39, 0.29) is 35.0 Å². The molecule has 112 valence electrons. The van der Waals surface area contributed by atoms with Crippen LogP contribution in [0.15, 0.2) is 48.5 Å². The van der Waals surface area contributed by atoms with Crippen molar-refractivity contribution in [3.63, 3.8) is 0 Å². The molecule has 2 rings (SSSR count). The van der Waals surface area contributed by atoms with Crippen LogP contribution in [0, 0.1) is 10.1 Å². The molecule has 0 spiro atoms. The van der Waals surface area contributed by atoms with Crippen LogP contribution in [0.1, 0.15) is 29.3 Å². The van der Waals surface area contributed by atoms with Gasteiger partial charge < -0.3 is 5.32 Å². The Kier molecular flexibility index (Phi) is 4.63. The lowest BCUT2D eigenvalue weighted by Gasteiger charge is -2.10. The number of anilines is 1. The molecule has 0 saturated heterocycles. The summed E-state index contributed by atoms with van der Waals surface area (Å²) < 4.78 is 0. The third kappa shape index (κ3) is 3.35. The van der Waals surface area contributed by atoms with Crippen LogP contribution in [0.2, 0.25) is 0 Å². The summed E-state index contributed by atoms with van der Waals surface area (Å²) in [4.78, 5) is 34.4. The van der Waals surface area contributed by atoms with Crippen molar-refractivity contribution in [2.45, 2.75) is 13.3 Å². The third-order valence-corrected chi connectivity index (χ3v) is 3.09. The maximum Gasteiger partial charge on any atom is 0.270 e. The molecule has 0 atom stereocenters. The number of hydrogen-bond donors (Lipinski definition) is 1. The molecule has 0 aliphatic carbocycles. The zero-order valence-electron chi connectivity index (χ0n) is 11.9. The number of nitrogens with one attached hydrogen (secondary N) is 1. The maximum absolute atomic E-state index is 12.5. The Morgan fingerprint density at radius 1 is 1.14 bits per heavy atom. The van der Waals surface area contributed by atoms with Crippen molar-refractivity contribution in [1.82, 2.24) is 0 Å². The Bertz CT molecular complexity index is 726. The average Bonchev–Trinajstić information content (AvgIpc) is 2.55. The summed E-state index contributed by atoms with van der Waals surface area (Å²) in [5, 5.41) is 13.5. The van der Waals surface area contributed by atoms with Crippen molar-refractivity contribution >= 4 is 23.1 Å². The minimum absolute atomic E-state index is 0.0993. The fourth-order valence-corrected chi connectivity index (χ4v) is 1.93. The largest absolute Gasteiger partial charge is 0.325 e. The lowest BCUT2D eigenvalue weighted by atomic mass is 10.0. The summed E-state index contributed by atoms with van der Waals surface area (Å²) in [6.45, 7) is 1.68. The molecule has 2 aromatic carbocycles. The van der Waals surface area contributed by atoms with Gasteiger partial charge in [-0.3, -0.25) is 19.7 Å². The highest BCUT2D eigenvalue weighted by Crippen LogP contribution is 2.25. The van der Waals surface area contributed by atoms with E-state index in [9.17, 15) is 19.7 Å². The van der Waals surface area contributed by atoms with Gasteiger partial charge in [-0.2, -0.15) is 0 Å². The Labute approximate surface area is 126 Å². The molecule has 0 aliphatic heterocycles. The molecule has 0 aromatic heterocycles. The molecule has 0 bridgehead atoms. The maximum atomic E-state index is 12.5. The van der Waals surface area contributed by atoms with Gasteiger partial charge in [-0.25, -0.2) is 0 Å². The van der Waals surface area contributed by atoms with E-state index in [2.05, 4.69) is 5.32 Å². The molecule has 0 radical (unpaired) electrons. The van der Waals surface area contributed by atoms with Gasteiger partial charge in [-0.05, 0) is 6.07 Å². The van der Waals surface area contributed by atoms with E-state index in [4.69, 9.17) is 0 Å². The fraction of sp³-hybridized carbons (Fsp3) is 0.125. The van der Waals surface area contributed by atoms with Crippen LogP contribution in [-0.2, 0) is 4.79 Å². The van der Waals surface area contributed by atoms with Gasteiger partial charge >= 0.3 is 0 Å². The molecule has 0 saturated carbocycles. The molecule has 0 heterocycles. The van der Waals surface area contributed by atoms with E-state index in [0.29, 0.717) is 5.56 Å². The molecular formula is C16H14N2O4. The summed E-state index contributed by atoms with van der Waals surface area (Å²) in [5.41, 5.74) is 0.567. The zero-order chi connectivity index (χ0) is 16.1. The van der Waals surface area contributed by atoms with Gasteiger partial charge in [0.2, 0.25) is 5.91 Å². The second-order valence-corrected chi connectivity index (χ2v) is 4.58. The Morgan fingerprint density at radius 2 is 1.82 bits per heavy atom. The minimum Gasteiger partial charge on any atom is -0.325 e. The van der Waals surface area contributed by atoms with Gasteiger partial charge in [0.05, 0.1) is 16.2 Å². The third-order valence-electron chi connectivity index (χ3n) is 3.09. The molecule has 0 aliphatic rings. The predicted molar refractivity (Wildman–Crippen MR) is 81.9 cm³/mol. The van der Waals surface area contributed by atoms with E-state index < -0.39 is 4.92 Å². The Hall–Kier alpha value is -3.02. The number of carbonyl (C=O) groups excluding carboxylic acids is 2. The topological polar surface area (TPSA) is 89.3 Å². The van der Waals surface area contributed by atoms with Crippen molar-refractivity contribution in [2.24, 2.45) is 0 Å². The van der Waals surface area contributed by atoms with Gasteiger partial charge in [-0.15, -0.1) is 0 Å². The van der Waals surface area contributed by atoms with Gasteiger partial charge in [0, 0.05) is 24.1 Å². The van der Waals surface area contributed by atoms with E-state index >= 15 is 0 Å². The van der Waals surface area contributed by atoms with Crippen LogP contribution in [0.3, 0.4) is 0 Å². The number of amides is 1.